The van der Waals surface area contributed by atoms with Gasteiger partial charge in [-0.25, -0.2) is 4.98 Å². The summed E-state index contributed by atoms with van der Waals surface area (Å²) in [7, 11) is 0. The fourth-order valence-electron chi connectivity index (χ4n) is 4.26. The summed E-state index contributed by atoms with van der Waals surface area (Å²) < 4.78 is 0. The van der Waals surface area contributed by atoms with Crippen LogP contribution in [0.15, 0.2) is 54.6 Å². The topological polar surface area (TPSA) is 42.0 Å². The molecular formula is C27H25ClN2O. The van der Waals surface area contributed by atoms with Crippen molar-refractivity contribution in [3.05, 3.63) is 93.0 Å². The third-order valence-corrected chi connectivity index (χ3v) is 5.71. The van der Waals surface area contributed by atoms with Gasteiger partial charge in [-0.1, -0.05) is 41.4 Å². The Balaban J connectivity index is 1.95. The van der Waals surface area contributed by atoms with Crippen molar-refractivity contribution in [1.29, 1.82) is 0 Å². The zero-order valence-corrected chi connectivity index (χ0v) is 19.2. The summed E-state index contributed by atoms with van der Waals surface area (Å²) in [5.41, 5.74) is 9.13. The van der Waals surface area contributed by atoms with E-state index >= 15 is 0 Å². The molecule has 3 nitrogen and oxygen atoms in total. The van der Waals surface area contributed by atoms with Gasteiger partial charge in [-0.05, 0) is 87.2 Å². The van der Waals surface area contributed by atoms with Gasteiger partial charge in [-0.2, -0.15) is 0 Å². The molecule has 1 amide bonds. The highest BCUT2D eigenvalue weighted by Crippen LogP contribution is 2.33. The van der Waals surface area contributed by atoms with Crippen LogP contribution in [0.4, 0.5) is 5.69 Å². The standard InChI is InChI=1S/C27H25ClN2O/c1-15-9-16(2)12-22(11-15)29-27(31)24-19(5)26(20-7-6-8-21(28)14-20)30-25-18(4)10-17(3)13-23(24)25/h6-14H,1-5H3,(H,29,31). The molecule has 4 heteroatoms. The minimum atomic E-state index is -0.136. The summed E-state index contributed by atoms with van der Waals surface area (Å²) >= 11 is 6.25. The maximum absolute atomic E-state index is 13.6. The Kier molecular flexibility index (Phi) is 5.55. The van der Waals surface area contributed by atoms with Crippen molar-refractivity contribution in [2.24, 2.45) is 0 Å². The van der Waals surface area contributed by atoms with Gasteiger partial charge >= 0.3 is 0 Å². The Labute approximate surface area is 188 Å². The van der Waals surface area contributed by atoms with Gasteiger partial charge in [-0.15, -0.1) is 0 Å². The van der Waals surface area contributed by atoms with Gasteiger partial charge in [0.1, 0.15) is 0 Å². The second-order valence-electron chi connectivity index (χ2n) is 8.28. The molecule has 0 radical (unpaired) electrons. The Hall–Kier alpha value is -3.17. The van der Waals surface area contributed by atoms with E-state index < -0.39 is 0 Å². The number of aromatic nitrogens is 1. The minimum absolute atomic E-state index is 0.136. The third-order valence-electron chi connectivity index (χ3n) is 5.47. The highest BCUT2D eigenvalue weighted by Gasteiger charge is 2.20. The van der Waals surface area contributed by atoms with Crippen LogP contribution in [0.5, 0.6) is 0 Å². The summed E-state index contributed by atoms with van der Waals surface area (Å²) in [6.07, 6.45) is 0. The van der Waals surface area contributed by atoms with E-state index in [0.29, 0.717) is 10.6 Å². The van der Waals surface area contributed by atoms with Gasteiger partial charge in [0.2, 0.25) is 0 Å². The molecule has 0 aliphatic carbocycles. The van der Waals surface area contributed by atoms with E-state index in [9.17, 15) is 4.79 Å². The average Bonchev–Trinajstić information content (AvgIpc) is 2.66. The van der Waals surface area contributed by atoms with Gasteiger partial charge < -0.3 is 5.32 Å². The van der Waals surface area contributed by atoms with Gasteiger partial charge in [-0.3, -0.25) is 4.79 Å². The number of carbonyl (C=O) groups is 1. The Bertz CT molecular complexity index is 1320. The average molecular weight is 429 g/mol. The van der Waals surface area contributed by atoms with E-state index in [4.69, 9.17) is 16.6 Å². The number of halogens is 1. The molecule has 4 rings (SSSR count). The number of benzene rings is 3. The van der Waals surface area contributed by atoms with Crippen molar-refractivity contribution in [1.82, 2.24) is 4.98 Å². The summed E-state index contributed by atoms with van der Waals surface area (Å²) in [6, 6.07) is 17.8. The van der Waals surface area contributed by atoms with Crippen molar-refractivity contribution in [3.8, 4) is 11.3 Å². The first-order chi connectivity index (χ1) is 14.7. The normalized spacial score (nSPS) is 11.0. The predicted molar refractivity (Wildman–Crippen MR) is 130 cm³/mol. The zero-order valence-electron chi connectivity index (χ0n) is 18.4. The molecule has 4 aromatic rings. The molecule has 156 valence electrons. The first-order valence-electron chi connectivity index (χ1n) is 10.3. The van der Waals surface area contributed by atoms with Gasteiger partial charge in [0.05, 0.1) is 16.8 Å². The number of pyridine rings is 1. The van der Waals surface area contributed by atoms with Gasteiger partial charge in [0.25, 0.3) is 5.91 Å². The van der Waals surface area contributed by atoms with E-state index in [1.54, 1.807) is 0 Å². The van der Waals surface area contributed by atoms with Crippen LogP contribution in [0.2, 0.25) is 5.02 Å². The van der Waals surface area contributed by atoms with Crippen molar-refractivity contribution in [2.45, 2.75) is 34.6 Å². The van der Waals surface area contributed by atoms with E-state index in [1.165, 1.54) is 0 Å². The lowest BCUT2D eigenvalue weighted by molar-refractivity contribution is 0.102. The first kappa shape index (κ1) is 21.1. The maximum Gasteiger partial charge on any atom is 0.256 e. The van der Waals surface area contributed by atoms with Crippen LogP contribution < -0.4 is 5.32 Å². The van der Waals surface area contributed by atoms with Crippen LogP contribution in [-0.2, 0) is 0 Å². The van der Waals surface area contributed by atoms with Crippen LogP contribution in [0, 0.1) is 34.6 Å². The molecule has 31 heavy (non-hydrogen) atoms. The molecule has 1 heterocycles. The molecule has 0 atom stereocenters. The molecule has 1 aromatic heterocycles. The van der Waals surface area contributed by atoms with Crippen molar-refractivity contribution in [2.75, 3.05) is 5.32 Å². The SMILES string of the molecule is Cc1cc(C)cc(NC(=O)c2c(C)c(-c3cccc(Cl)c3)nc3c(C)cc(C)cc23)c1. The lowest BCUT2D eigenvalue weighted by Crippen LogP contribution is -2.16. The number of rotatable bonds is 3. The van der Waals surface area contributed by atoms with Crippen molar-refractivity contribution < 1.29 is 4.79 Å². The van der Waals surface area contributed by atoms with E-state index in [2.05, 4.69) is 17.4 Å². The van der Waals surface area contributed by atoms with E-state index in [0.717, 1.165) is 55.7 Å². The van der Waals surface area contributed by atoms with Crippen LogP contribution in [0.3, 0.4) is 0 Å². The monoisotopic (exact) mass is 428 g/mol. The predicted octanol–water partition coefficient (Wildman–Crippen LogP) is 7.35. The number of anilines is 1. The molecule has 0 unspecified atom stereocenters. The highest BCUT2D eigenvalue weighted by atomic mass is 35.5. The largest absolute Gasteiger partial charge is 0.322 e. The Morgan fingerprint density at radius 3 is 2.23 bits per heavy atom. The number of hydrogen-bond donors (Lipinski definition) is 1. The molecule has 0 bridgehead atoms. The third kappa shape index (κ3) is 4.19. The van der Waals surface area contributed by atoms with Gasteiger partial charge in [0.15, 0.2) is 0 Å². The number of aryl methyl sites for hydroxylation is 4. The molecule has 0 fully saturated rings. The number of nitrogens with zero attached hydrogens (tertiary/aromatic N) is 1. The smallest absolute Gasteiger partial charge is 0.256 e. The van der Waals surface area contributed by atoms with Crippen molar-refractivity contribution in [3.63, 3.8) is 0 Å². The summed E-state index contributed by atoms with van der Waals surface area (Å²) in [6.45, 7) is 10.1. The molecular weight excluding hydrogens is 404 g/mol. The second kappa shape index (κ2) is 8.16. The molecule has 0 saturated heterocycles. The van der Waals surface area contributed by atoms with Gasteiger partial charge in [0, 0.05) is 21.7 Å². The van der Waals surface area contributed by atoms with Crippen LogP contribution in [0.25, 0.3) is 22.2 Å². The molecule has 3 aromatic carbocycles. The number of nitrogens with one attached hydrogen (secondary N) is 1. The number of carbonyl (C=O) groups excluding carboxylic acids is 1. The summed E-state index contributed by atoms with van der Waals surface area (Å²) in [5, 5.41) is 4.61. The molecule has 1 N–H and O–H groups in total. The van der Waals surface area contributed by atoms with E-state index in [-0.39, 0.29) is 5.91 Å². The number of amides is 1. The lowest BCUT2D eigenvalue weighted by atomic mass is 9.94. The summed E-state index contributed by atoms with van der Waals surface area (Å²) in [4.78, 5) is 18.5. The van der Waals surface area contributed by atoms with Crippen LogP contribution in [0.1, 0.15) is 38.2 Å². The molecule has 0 saturated carbocycles. The van der Waals surface area contributed by atoms with E-state index in [1.807, 2.05) is 77.1 Å². The van der Waals surface area contributed by atoms with Crippen molar-refractivity contribution >= 4 is 34.1 Å². The quantitative estimate of drug-likeness (QED) is 0.370. The number of hydrogen-bond acceptors (Lipinski definition) is 2. The van der Waals surface area contributed by atoms with Crippen LogP contribution in [-0.4, -0.2) is 10.9 Å². The molecule has 0 aliphatic rings. The highest BCUT2D eigenvalue weighted by molar-refractivity contribution is 6.30. The molecule has 0 spiro atoms. The summed E-state index contributed by atoms with van der Waals surface area (Å²) in [5.74, 6) is -0.136. The number of fused-ring (bicyclic) bond motifs is 1. The Morgan fingerprint density at radius 2 is 1.55 bits per heavy atom. The zero-order chi connectivity index (χ0) is 22.3. The fraction of sp³-hybridized carbons (Fsp3) is 0.185. The van der Waals surface area contributed by atoms with Crippen LogP contribution >= 0.6 is 11.6 Å². The fourth-order valence-corrected chi connectivity index (χ4v) is 4.46. The second-order valence-corrected chi connectivity index (χ2v) is 8.72. The lowest BCUT2D eigenvalue weighted by Gasteiger charge is -2.17. The maximum atomic E-state index is 13.6. The first-order valence-corrected chi connectivity index (χ1v) is 10.7. The minimum Gasteiger partial charge on any atom is -0.322 e. The Morgan fingerprint density at radius 1 is 0.871 bits per heavy atom. The molecule has 0 aliphatic heterocycles.